The van der Waals surface area contributed by atoms with Gasteiger partial charge in [-0.1, -0.05) is 42.5 Å². The maximum Gasteiger partial charge on any atom is 0.337 e. The molecule has 0 radical (unpaired) electrons. The van der Waals surface area contributed by atoms with Crippen LogP contribution in [-0.2, 0) is 9.53 Å². The average molecular weight is 270 g/mol. The van der Waals surface area contributed by atoms with Crippen molar-refractivity contribution in [1.82, 2.24) is 0 Å². The zero-order valence-corrected chi connectivity index (χ0v) is 11.8. The molecular formula is C17H18O3. The molecule has 0 unspecified atom stereocenters. The lowest BCUT2D eigenvalue weighted by molar-refractivity contribution is -0.138. The largest absolute Gasteiger partial charge is 0.488 e. The second kappa shape index (κ2) is 6.75. The van der Waals surface area contributed by atoms with E-state index in [1.807, 2.05) is 42.5 Å². The van der Waals surface area contributed by atoms with Crippen molar-refractivity contribution in [3.05, 3.63) is 54.1 Å². The van der Waals surface area contributed by atoms with Crippen molar-refractivity contribution in [2.45, 2.75) is 13.8 Å². The van der Waals surface area contributed by atoms with E-state index in [1.165, 1.54) is 0 Å². The van der Waals surface area contributed by atoms with Gasteiger partial charge in [-0.2, -0.15) is 0 Å². The number of fused-ring (bicyclic) bond motifs is 1. The Kier molecular flexibility index (Phi) is 4.77. The van der Waals surface area contributed by atoms with Crippen LogP contribution in [0, 0.1) is 0 Å². The molecule has 0 heterocycles. The number of ether oxygens (including phenoxy) is 2. The molecule has 0 bridgehead atoms. The predicted molar refractivity (Wildman–Crippen MR) is 79.8 cm³/mol. The molecule has 104 valence electrons. The zero-order chi connectivity index (χ0) is 14.4. The van der Waals surface area contributed by atoms with Crippen LogP contribution in [-0.4, -0.2) is 19.2 Å². The van der Waals surface area contributed by atoms with Gasteiger partial charge in [-0.05, 0) is 25.3 Å². The summed E-state index contributed by atoms with van der Waals surface area (Å²) in [5.74, 6) is 0.446. The quantitative estimate of drug-likeness (QED) is 0.613. The van der Waals surface area contributed by atoms with Crippen LogP contribution in [0.1, 0.15) is 13.8 Å². The molecular weight excluding hydrogens is 252 g/mol. The van der Waals surface area contributed by atoms with Crippen LogP contribution in [0.4, 0.5) is 0 Å². The number of hydrogen-bond acceptors (Lipinski definition) is 3. The molecule has 0 fully saturated rings. The molecule has 0 aliphatic rings. The molecule has 0 spiro atoms. The molecule has 0 saturated heterocycles. The minimum absolute atomic E-state index is 0.212. The van der Waals surface area contributed by atoms with Crippen molar-refractivity contribution in [2.75, 3.05) is 13.2 Å². The number of benzene rings is 2. The molecule has 0 aliphatic carbocycles. The number of carbonyl (C=O) groups excluding carboxylic acids is 1. The van der Waals surface area contributed by atoms with Gasteiger partial charge in [0.15, 0.2) is 0 Å². The van der Waals surface area contributed by atoms with E-state index in [9.17, 15) is 4.79 Å². The van der Waals surface area contributed by atoms with Gasteiger partial charge >= 0.3 is 5.97 Å². The maximum absolute atomic E-state index is 11.7. The maximum atomic E-state index is 11.7. The van der Waals surface area contributed by atoms with Crippen LogP contribution in [0.3, 0.4) is 0 Å². The SMILES string of the molecule is C/C=C(\COc1cccc2ccccc12)C(=O)OCC. The van der Waals surface area contributed by atoms with E-state index in [4.69, 9.17) is 9.47 Å². The molecule has 0 aromatic heterocycles. The Labute approximate surface area is 118 Å². The van der Waals surface area contributed by atoms with Crippen LogP contribution in [0.2, 0.25) is 0 Å². The summed E-state index contributed by atoms with van der Waals surface area (Å²) in [5, 5.41) is 2.15. The van der Waals surface area contributed by atoms with Crippen molar-refractivity contribution in [2.24, 2.45) is 0 Å². The second-order valence-electron chi connectivity index (χ2n) is 4.30. The van der Waals surface area contributed by atoms with Gasteiger partial charge in [-0.25, -0.2) is 4.79 Å². The first kappa shape index (κ1) is 14.1. The Balaban J connectivity index is 2.15. The van der Waals surface area contributed by atoms with E-state index in [0.717, 1.165) is 16.5 Å². The molecule has 0 N–H and O–H groups in total. The molecule has 2 aromatic carbocycles. The molecule has 0 amide bonds. The highest BCUT2D eigenvalue weighted by Gasteiger charge is 2.11. The Morgan fingerprint density at radius 2 is 1.90 bits per heavy atom. The summed E-state index contributed by atoms with van der Waals surface area (Å²) in [4.78, 5) is 11.7. The van der Waals surface area contributed by atoms with E-state index in [0.29, 0.717) is 12.2 Å². The van der Waals surface area contributed by atoms with E-state index in [2.05, 4.69) is 0 Å². The van der Waals surface area contributed by atoms with E-state index in [-0.39, 0.29) is 12.6 Å². The van der Waals surface area contributed by atoms with Gasteiger partial charge in [0.05, 0.1) is 12.2 Å². The highest BCUT2D eigenvalue weighted by Crippen LogP contribution is 2.25. The van der Waals surface area contributed by atoms with Gasteiger partial charge in [0.1, 0.15) is 12.4 Å². The van der Waals surface area contributed by atoms with Crippen molar-refractivity contribution < 1.29 is 14.3 Å². The standard InChI is InChI=1S/C17H18O3/c1-3-13(17(18)19-4-2)12-20-16-11-7-9-14-8-5-6-10-15(14)16/h3,5-11H,4,12H2,1-2H3/b13-3+. The minimum Gasteiger partial charge on any atom is -0.488 e. The van der Waals surface area contributed by atoms with Crippen LogP contribution in [0.15, 0.2) is 54.1 Å². The summed E-state index contributed by atoms with van der Waals surface area (Å²) in [6, 6.07) is 13.9. The lowest BCUT2D eigenvalue weighted by atomic mass is 10.1. The van der Waals surface area contributed by atoms with Gasteiger partial charge in [0.2, 0.25) is 0 Å². The van der Waals surface area contributed by atoms with Crippen LogP contribution in [0.25, 0.3) is 10.8 Å². The summed E-state index contributed by atoms with van der Waals surface area (Å²) in [7, 11) is 0. The minimum atomic E-state index is -0.324. The van der Waals surface area contributed by atoms with Gasteiger partial charge in [0.25, 0.3) is 0 Å². The average Bonchev–Trinajstić information content (AvgIpc) is 2.48. The molecule has 3 heteroatoms. The second-order valence-corrected chi connectivity index (χ2v) is 4.30. The first-order valence-electron chi connectivity index (χ1n) is 6.69. The summed E-state index contributed by atoms with van der Waals surface area (Å²) >= 11 is 0. The predicted octanol–water partition coefficient (Wildman–Crippen LogP) is 3.73. The summed E-state index contributed by atoms with van der Waals surface area (Å²) in [6.45, 7) is 4.17. The Hall–Kier alpha value is -2.29. The van der Waals surface area contributed by atoms with Crippen LogP contribution >= 0.6 is 0 Å². The molecule has 0 atom stereocenters. The Bertz CT molecular complexity index is 624. The molecule has 20 heavy (non-hydrogen) atoms. The fourth-order valence-electron chi connectivity index (χ4n) is 1.96. The van der Waals surface area contributed by atoms with Crippen molar-refractivity contribution in [3.8, 4) is 5.75 Å². The molecule has 3 nitrogen and oxygen atoms in total. The fourth-order valence-corrected chi connectivity index (χ4v) is 1.96. The highest BCUT2D eigenvalue weighted by atomic mass is 16.5. The lowest BCUT2D eigenvalue weighted by Gasteiger charge is -2.11. The van der Waals surface area contributed by atoms with Crippen molar-refractivity contribution in [3.63, 3.8) is 0 Å². The van der Waals surface area contributed by atoms with Gasteiger partial charge in [-0.15, -0.1) is 0 Å². The van der Waals surface area contributed by atoms with Crippen LogP contribution in [0.5, 0.6) is 5.75 Å². The van der Waals surface area contributed by atoms with Crippen LogP contribution < -0.4 is 4.74 Å². The summed E-state index contributed by atoms with van der Waals surface area (Å²) < 4.78 is 10.8. The monoisotopic (exact) mass is 270 g/mol. The summed E-state index contributed by atoms with van der Waals surface area (Å²) in [5.41, 5.74) is 0.528. The van der Waals surface area contributed by atoms with Crippen molar-refractivity contribution in [1.29, 1.82) is 0 Å². The first-order chi connectivity index (χ1) is 9.76. The number of allylic oxidation sites excluding steroid dienone is 1. The first-order valence-corrected chi connectivity index (χ1v) is 6.69. The third-order valence-corrected chi connectivity index (χ3v) is 3.02. The normalized spacial score (nSPS) is 11.4. The third-order valence-electron chi connectivity index (χ3n) is 3.02. The summed E-state index contributed by atoms with van der Waals surface area (Å²) in [6.07, 6.45) is 1.73. The lowest BCUT2D eigenvalue weighted by Crippen LogP contribution is -2.14. The molecule has 0 saturated carbocycles. The number of esters is 1. The number of hydrogen-bond donors (Lipinski definition) is 0. The fraction of sp³-hybridized carbons (Fsp3) is 0.235. The smallest absolute Gasteiger partial charge is 0.337 e. The van der Waals surface area contributed by atoms with E-state index >= 15 is 0 Å². The molecule has 0 aliphatic heterocycles. The van der Waals surface area contributed by atoms with Gasteiger partial charge in [0, 0.05) is 5.39 Å². The number of rotatable bonds is 5. The zero-order valence-electron chi connectivity index (χ0n) is 11.8. The van der Waals surface area contributed by atoms with E-state index < -0.39 is 0 Å². The topological polar surface area (TPSA) is 35.5 Å². The van der Waals surface area contributed by atoms with Gasteiger partial charge in [-0.3, -0.25) is 0 Å². The number of carbonyl (C=O) groups is 1. The van der Waals surface area contributed by atoms with Crippen molar-refractivity contribution >= 4 is 16.7 Å². The third kappa shape index (κ3) is 3.18. The molecule has 2 aromatic rings. The van der Waals surface area contributed by atoms with Gasteiger partial charge < -0.3 is 9.47 Å². The van der Waals surface area contributed by atoms with E-state index in [1.54, 1.807) is 19.9 Å². The highest BCUT2D eigenvalue weighted by molar-refractivity contribution is 5.90. The Morgan fingerprint density at radius 3 is 2.65 bits per heavy atom. The molecule has 2 rings (SSSR count). The Morgan fingerprint density at radius 1 is 1.15 bits per heavy atom.